The molecule has 2 aromatic rings. The van der Waals surface area contributed by atoms with Crippen molar-refractivity contribution in [3.05, 3.63) is 41.5 Å². The molecule has 0 amide bonds. The Bertz CT molecular complexity index is 736. The second kappa shape index (κ2) is 6.10. The van der Waals surface area contributed by atoms with E-state index in [1.54, 1.807) is 0 Å². The third kappa shape index (κ3) is 2.81. The quantitative estimate of drug-likeness (QED) is 0.739. The van der Waals surface area contributed by atoms with Gasteiger partial charge in [-0.3, -0.25) is 0 Å². The van der Waals surface area contributed by atoms with Crippen molar-refractivity contribution in [2.24, 2.45) is 0 Å². The second-order valence-corrected chi connectivity index (χ2v) is 7.38. The van der Waals surface area contributed by atoms with Gasteiger partial charge in [-0.2, -0.15) is 0 Å². The van der Waals surface area contributed by atoms with Gasteiger partial charge in [-0.25, -0.2) is 0 Å². The van der Waals surface area contributed by atoms with E-state index in [1.165, 1.54) is 38.0 Å². The van der Waals surface area contributed by atoms with Crippen LogP contribution in [0.5, 0.6) is 0 Å². The van der Waals surface area contributed by atoms with Gasteiger partial charge in [0.05, 0.1) is 11.4 Å². The molecule has 4 rings (SSSR count). The number of anilines is 3. The number of nitrogens with zero attached hydrogens (tertiary/aromatic N) is 1. The zero-order valence-electron chi connectivity index (χ0n) is 13.8. The number of fused-ring (bicyclic) bond motifs is 2. The van der Waals surface area contributed by atoms with Crippen LogP contribution >= 0.6 is 11.8 Å². The van der Waals surface area contributed by atoms with Gasteiger partial charge in [0.1, 0.15) is 0 Å². The number of rotatable bonds is 2. The summed E-state index contributed by atoms with van der Waals surface area (Å²) in [6, 6.07) is 11.4. The number of hydrogen-bond acceptors (Lipinski definition) is 4. The molecule has 2 heterocycles. The summed E-state index contributed by atoms with van der Waals surface area (Å²) in [6.07, 6.45) is 1.06. The highest BCUT2D eigenvalue weighted by Gasteiger charge is 2.20. The van der Waals surface area contributed by atoms with Gasteiger partial charge in [0, 0.05) is 41.7 Å². The van der Waals surface area contributed by atoms with Crippen molar-refractivity contribution in [1.82, 2.24) is 5.32 Å². The first kappa shape index (κ1) is 14.9. The molecule has 0 aliphatic carbocycles. The molecule has 0 bridgehead atoms. The molecule has 4 heteroatoms. The van der Waals surface area contributed by atoms with Crippen molar-refractivity contribution >= 4 is 28.8 Å². The lowest BCUT2D eigenvalue weighted by molar-refractivity contribution is 0.589. The molecule has 0 atom stereocenters. The van der Waals surface area contributed by atoms with Crippen LogP contribution in [0, 0.1) is 6.92 Å². The Morgan fingerprint density at radius 1 is 1.09 bits per heavy atom. The SMILES string of the molecule is CCc1cc(C)cc2c1Nc1ccc(N3CCNCC3)cc1S2. The largest absolute Gasteiger partial charge is 0.369 e. The van der Waals surface area contributed by atoms with Gasteiger partial charge in [0.2, 0.25) is 0 Å². The molecule has 3 nitrogen and oxygen atoms in total. The van der Waals surface area contributed by atoms with E-state index >= 15 is 0 Å². The van der Waals surface area contributed by atoms with Crippen molar-refractivity contribution in [1.29, 1.82) is 0 Å². The summed E-state index contributed by atoms with van der Waals surface area (Å²) in [5.74, 6) is 0. The lowest BCUT2D eigenvalue weighted by atomic mass is 10.1. The molecule has 1 saturated heterocycles. The van der Waals surface area contributed by atoms with Crippen LogP contribution in [0.15, 0.2) is 40.1 Å². The number of piperazine rings is 1. The maximum Gasteiger partial charge on any atom is 0.0558 e. The lowest BCUT2D eigenvalue weighted by Gasteiger charge is -2.31. The molecule has 0 spiro atoms. The Kier molecular flexibility index (Phi) is 3.95. The molecule has 0 unspecified atom stereocenters. The van der Waals surface area contributed by atoms with Crippen LogP contribution in [0.1, 0.15) is 18.1 Å². The summed E-state index contributed by atoms with van der Waals surface area (Å²) < 4.78 is 0. The van der Waals surface area contributed by atoms with Gasteiger partial charge < -0.3 is 15.5 Å². The van der Waals surface area contributed by atoms with Crippen molar-refractivity contribution in [2.75, 3.05) is 36.4 Å². The van der Waals surface area contributed by atoms with Crippen LogP contribution in [0.2, 0.25) is 0 Å². The van der Waals surface area contributed by atoms with Crippen molar-refractivity contribution in [2.45, 2.75) is 30.1 Å². The summed E-state index contributed by atoms with van der Waals surface area (Å²) >= 11 is 1.90. The van der Waals surface area contributed by atoms with Crippen LogP contribution in [0.4, 0.5) is 17.1 Å². The van der Waals surface area contributed by atoms with Gasteiger partial charge >= 0.3 is 0 Å². The summed E-state index contributed by atoms with van der Waals surface area (Å²) in [7, 11) is 0. The van der Waals surface area contributed by atoms with Crippen molar-refractivity contribution in [3.63, 3.8) is 0 Å². The Balaban J connectivity index is 1.68. The summed E-state index contributed by atoms with van der Waals surface area (Å²) in [5, 5.41) is 7.09. The fourth-order valence-electron chi connectivity index (χ4n) is 3.40. The highest BCUT2D eigenvalue weighted by atomic mass is 32.2. The van der Waals surface area contributed by atoms with E-state index in [1.807, 2.05) is 11.8 Å². The molecular weight excluding hydrogens is 302 g/mol. The maximum absolute atomic E-state index is 3.67. The highest BCUT2D eigenvalue weighted by molar-refractivity contribution is 7.99. The van der Waals surface area contributed by atoms with Gasteiger partial charge in [0.15, 0.2) is 0 Å². The highest BCUT2D eigenvalue weighted by Crippen LogP contribution is 2.47. The number of nitrogens with one attached hydrogen (secondary N) is 2. The second-order valence-electron chi connectivity index (χ2n) is 6.30. The summed E-state index contributed by atoms with van der Waals surface area (Å²) in [5.41, 5.74) is 6.62. The van der Waals surface area contributed by atoms with Crippen molar-refractivity contribution < 1.29 is 0 Å². The first-order chi connectivity index (χ1) is 11.2. The predicted molar refractivity (Wildman–Crippen MR) is 99.5 cm³/mol. The van der Waals surface area contributed by atoms with E-state index in [0.717, 1.165) is 32.6 Å². The van der Waals surface area contributed by atoms with Crippen LogP contribution in [0.3, 0.4) is 0 Å². The number of hydrogen-bond donors (Lipinski definition) is 2. The van der Waals surface area contributed by atoms with Crippen LogP contribution in [-0.2, 0) is 6.42 Å². The van der Waals surface area contributed by atoms with Gasteiger partial charge in [-0.15, -0.1) is 0 Å². The average molecular weight is 325 g/mol. The predicted octanol–water partition coefficient (Wildman–Crippen LogP) is 4.18. The molecular formula is C19H23N3S. The fourth-order valence-corrected chi connectivity index (χ4v) is 4.57. The summed E-state index contributed by atoms with van der Waals surface area (Å²) in [6.45, 7) is 8.74. The van der Waals surface area contributed by atoms with E-state index in [4.69, 9.17) is 0 Å². The lowest BCUT2D eigenvalue weighted by Crippen LogP contribution is -2.43. The first-order valence-electron chi connectivity index (χ1n) is 8.42. The molecule has 0 saturated carbocycles. The third-order valence-electron chi connectivity index (χ3n) is 4.64. The van der Waals surface area contributed by atoms with E-state index in [0.29, 0.717) is 0 Å². The molecule has 23 heavy (non-hydrogen) atoms. The average Bonchev–Trinajstić information content (AvgIpc) is 2.59. The monoisotopic (exact) mass is 325 g/mol. The Morgan fingerprint density at radius 3 is 2.70 bits per heavy atom. The first-order valence-corrected chi connectivity index (χ1v) is 9.24. The zero-order chi connectivity index (χ0) is 15.8. The van der Waals surface area contributed by atoms with Crippen LogP contribution < -0.4 is 15.5 Å². The number of aryl methyl sites for hydroxylation is 2. The van der Waals surface area contributed by atoms with Crippen molar-refractivity contribution in [3.8, 4) is 0 Å². The van der Waals surface area contributed by atoms with E-state index in [2.05, 4.69) is 59.7 Å². The summed E-state index contributed by atoms with van der Waals surface area (Å²) in [4.78, 5) is 5.16. The van der Waals surface area contributed by atoms with Gasteiger partial charge in [-0.1, -0.05) is 24.8 Å². The molecule has 2 aromatic carbocycles. The van der Waals surface area contributed by atoms with Crippen LogP contribution in [0.25, 0.3) is 0 Å². The standard InChI is InChI=1S/C19H23N3S/c1-3-14-10-13(2)11-18-19(14)21-16-5-4-15(12-17(16)23-18)22-8-6-20-7-9-22/h4-5,10-12,20-21H,3,6-9H2,1-2H3. The normalized spacial score (nSPS) is 16.5. The molecule has 120 valence electrons. The minimum absolute atomic E-state index is 1.06. The van der Waals surface area contributed by atoms with Crippen LogP contribution in [-0.4, -0.2) is 26.2 Å². The Hall–Kier alpha value is -1.65. The molecule has 0 aromatic heterocycles. The minimum Gasteiger partial charge on any atom is -0.369 e. The molecule has 2 aliphatic heterocycles. The molecule has 1 fully saturated rings. The third-order valence-corrected chi connectivity index (χ3v) is 5.74. The van der Waals surface area contributed by atoms with E-state index in [-0.39, 0.29) is 0 Å². The Labute approximate surface area is 142 Å². The number of benzene rings is 2. The topological polar surface area (TPSA) is 27.3 Å². The smallest absolute Gasteiger partial charge is 0.0558 e. The molecule has 2 aliphatic rings. The van der Waals surface area contributed by atoms with E-state index in [9.17, 15) is 0 Å². The minimum atomic E-state index is 1.06. The van der Waals surface area contributed by atoms with Gasteiger partial charge in [0.25, 0.3) is 0 Å². The molecule has 0 radical (unpaired) electrons. The fraction of sp³-hybridized carbons (Fsp3) is 0.368. The van der Waals surface area contributed by atoms with Gasteiger partial charge in [-0.05, 0) is 48.7 Å². The zero-order valence-corrected chi connectivity index (χ0v) is 14.6. The van der Waals surface area contributed by atoms with E-state index < -0.39 is 0 Å². The molecule has 2 N–H and O–H groups in total. The maximum atomic E-state index is 3.67. The Morgan fingerprint density at radius 2 is 1.91 bits per heavy atom.